The Morgan fingerprint density at radius 1 is 1.25 bits per heavy atom. The SMILES string of the molecule is CCc1c(C)nn(-c2c(C)c(Cl)nc3ncnn23)c1C. The van der Waals surface area contributed by atoms with Gasteiger partial charge in [0.2, 0.25) is 0 Å². The fraction of sp³-hybridized carbons (Fsp3) is 0.385. The lowest BCUT2D eigenvalue weighted by Crippen LogP contribution is -2.11. The van der Waals surface area contributed by atoms with Crippen molar-refractivity contribution < 1.29 is 0 Å². The third-order valence-corrected chi connectivity index (χ3v) is 3.94. The first-order valence-corrected chi connectivity index (χ1v) is 6.83. The number of aryl methyl sites for hydroxylation is 1. The van der Waals surface area contributed by atoms with E-state index >= 15 is 0 Å². The van der Waals surface area contributed by atoms with Crippen LogP contribution in [0, 0.1) is 20.8 Å². The van der Waals surface area contributed by atoms with Crippen molar-refractivity contribution >= 4 is 17.4 Å². The molecule has 0 unspecified atom stereocenters. The smallest absolute Gasteiger partial charge is 0.219 e. The van der Waals surface area contributed by atoms with E-state index in [4.69, 9.17) is 11.6 Å². The van der Waals surface area contributed by atoms with E-state index in [1.807, 2.05) is 18.5 Å². The molecule has 6 nitrogen and oxygen atoms in total. The van der Waals surface area contributed by atoms with Gasteiger partial charge >= 0.3 is 0 Å². The summed E-state index contributed by atoms with van der Waals surface area (Å²) in [7, 11) is 0. The molecule has 0 bridgehead atoms. The summed E-state index contributed by atoms with van der Waals surface area (Å²) in [5.74, 6) is 1.26. The van der Waals surface area contributed by atoms with Crippen molar-refractivity contribution in [3.05, 3.63) is 34.0 Å². The van der Waals surface area contributed by atoms with Crippen LogP contribution in [-0.2, 0) is 6.42 Å². The minimum absolute atomic E-state index is 0.422. The molecule has 0 fully saturated rings. The van der Waals surface area contributed by atoms with E-state index in [0.717, 1.165) is 29.2 Å². The first-order chi connectivity index (χ1) is 9.54. The Morgan fingerprint density at radius 2 is 2.00 bits per heavy atom. The fourth-order valence-corrected chi connectivity index (χ4v) is 2.69. The van der Waals surface area contributed by atoms with E-state index < -0.39 is 0 Å². The van der Waals surface area contributed by atoms with E-state index in [9.17, 15) is 0 Å². The van der Waals surface area contributed by atoms with Gasteiger partial charge in [-0.15, -0.1) is 0 Å². The van der Waals surface area contributed by atoms with Crippen LogP contribution in [0.3, 0.4) is 0 Å². The molecule has 0 aliphatic rings. The zero-order valence-electron chi connectivity index (χ0n) is 11.8. The van der Waals surface area contributed by atoms with Gasteiger partial charge in [0.1, 0.15) is 11.5 Å². The Bertz CT molecular complexity index is 801. The van der Waals surface area contributed by atoms with Crippen LogP contribution in [0.5, 0.6) is 0 Å². The molecule has 0 aliphatic carbocycles. The van der Waals surface area contributed by atoms with Crippen molar-refractivity contribution in [1.82, 2.24) is 29.4 Å². The lowest BCUT2D eigenvalue weighted by Gasteiger charge is -2.11. The largest absolute Gasteiger partial charge is 0.255 e. The van der Waals surface area contributed by atoms with Gasteiger partial charge in [-0.25, -0.2) is 4.68 Å². The number of hydrogen-bond donors (Lipinski definition) is 0. The quantitative estimate of drug-likeness (QED) is 0.680. The molecule has 0 atom stereocenters. The predicted octanol–water partition coefficient (Wildman–Crippen LogP) is 2.45. The highest BCUT2D eigenvalue weighted by molar-refractivity contribution is 6.30. The van der Waals surface area contributed by atoms with Crippen LogP contribution in [0.1, 0.15) is 29.4 Å². The van der Waals surface area contributed by atoms with Gasteiger partial charge in [0, 0.05) is 11.3 Å². The van der Waals surface area contributed by atoms with Crippen LogP contribution in [0.4, 0.5) is 0 Å². The normalized spacial score (nSPS) is 11.4. The highest BCUT2D eigenvalue weighted by Crippen LogP contribution is 2.24. The second-order valence-corrected chi connectivity index (χ2v) is 5.10. The van der Waals surface area contributed by atoms with Crippen molar-refractivity contribution in [2.24, 2.45) is 0 Å². The van der Waals surface area contributed by atoms with Gasteiger partial charge in [-0.1, -0.05) is 18.5 Å². The van der Waals surface area contributed by atoms with E-state index in [1.165, 1.54) is 11.9 Å². The van der Waals surface area contributed by atoms with Crippen LogP contribution < -0.4 is 0 Å². The molecule has 3 heterocycles. The van der Waals surface area contributed by atoms with E-state index in [0.29, 0.717) is 10.9 Å². The molecular weight excluding hydrogens is 276 g/mol. The highest BCUT2D eigenvalue weighted by atomic mass is 35.5. The predicted molar refractivity (Wildman–Crippen MR) is 76.5 cm³/mol. The molecule has 0 saturated heterocycles. The summed E-state index contributed by atoms with van der Waals surface area (Å²) in [4.78, 5) is 8.32. The van der Waals surface area contributed by atoms with Gasteiger partial charge in [0.05, 0.1) is 5.69 Å². The third-order valence-electron chi connectivity index (χ3n) is 3.57. The summed E-state index contributed by atoms with van der Waals surface area (Å²) in [5.41, 5.74) is 4.18. The Labute approximate surface area is 121 Å². The van der Waals surface area contributed by atoms with E-state index in [1.54, 1.807) is 4.52 Å². The molecule has 0 radical (unpaired) electrons. The number of fused-ring (bicyclic) bond motifs is 1. The summed E-state index contributed by atoms with van der Waals surface area (Å²) in [6, 6.07) is 0. The molecule has 0 N–H and O–H groups in total. The monoisotopic (exact) mass is 290 g/mol. The number of rotatable bonds is 2. The first-order valence-electron chi connectivity index (χ1n) is 6.45. The lowest BCUT2D eigenvalue weighted by atomic mass is 10.1. The second-order valence-electron chi connectivity index (χ2n) is 4.74. The number of nitrogens with zero attached hydrogens (tertiary/aromatic N) is 6. The molecule has 3 rings (SSSR count). The average Bonchev–Trinajstić information content (AvgIpc) is 2.96. The standard InChI is InChI=1S/C13H15ClN6/c1-5-10-8(3)18-19(9(10)4)12-7(2)11(14)17-13-15-6-16-20(12)13/h6H,5H2,1-4H3. The van der Waals surface area contributed by atoms with Crippen LogP contribution in [-0.4, -0.2) is 29.4 Å². The Balaban J connectivity index is 2.40. The van der Waals surface area contributed by atoms with Crippen molar-refractivity contribution in [2.75, 3.05) is 0 Å². The number of halogens is 1. The lowest BCUT2D eigenvalue weighted by molar-refractivity contribution is 0.746. The third kappa shape index (κ3) is 1.71. The molecule has 0 aliphatic heterocycles. The Kier molecular flexibility index (Phi) is 2.97. The fourth-order valence-electron chi connectivity index (χ4n) is 2.53. The average molecular weight is 291 g/mol. The minimum Gasteiger partial charge on any atom is -0.219 e. The topological polar surface area (TPSA) is 60.9 Å². The molecule has 20 heavy (non-hydrogen) atoms. The highest BCUT2D eigenvalue weighted by Gasteiger charge is 2.19. The maximum Gasteiger partial charge on any atom is 0.255 e. The van der Waals surface area contributed by atoms with Crippen LogP contribution in [0.25, 0.3) is 11.6 Å². The molecule has 0 saturated carbocycles. The van der Waals surface area contributed by atoms with Gasteiger partial charge in [-0.3, -0.25) is 0 Å². The zero-order chi connectivity index (χ0) is 14.4. The van der Waals surface area contributed by atoms with Gasteiger partial charge in [0.15, 0.2) is 5.82 Å². The summed E-state index contributed by atoms with van der Waals surface area (Å²) >= 11 is 6.20. The van der Waals surface area contributed by atoms with E-state index in [-0.39, 0.29) is 0 Å². The molecule has 0 spiro atoms. The zero-order valence-corrected chi connectivity index (χ0v) is 12.6. The van der Waals surface area contributed by atoms with Gasteiger partial charge in [-0.05, 0) is 32.8 Å². The number of hydrogen-bond acceptors (Lipinski definition) is 4. The van der Waals surface area contributed by atoms with Crippen LogP contribution >= 0.6 is 11.6 Å². The number of aromatic nitrogens is 6. The summed E-state index contributed by atoms with van der Waals surface area (Å²) in [6.07, 6.45) is 2.41. The van der Waals surface area contributed by atoms with Crippen molar-refractivity contribution in [3.63, 3.8) is 0 Å². The first kappa shape index (κ1) is 13.1. The summed E-state index contributed by atoms with van der Waals surface area (Å²) in [5, 5.41) is 9.27. The molecule has 0 aromatic carbocycles. The van der Waals surface area contributed by atoms with E-state index in [2.05, 4.69) is 34.0 Å². The second kappa shape index (κ2) is 4.56. The molecule has 0 amide bonds. The molecule has 3 aromatic rings. The summed E-state index contributed by atoms with van der Waals surface area (Å²) in [6.45, 7) is 8.10. The van der Waals surface area contributed by atoms with Crippen molar-refractivity contribution in [3.8, 4) is 5.82 Å². The van der Waals surface area contributed by atoms with Crippen molar-refractivity contribution in [1.29, 1.82) is 0 Å². The van der Waals surface area contributed by atoms with Crippen LogP contribution in [0.15, 0.2) is 6.33 Å². The molecule has 7 heteroatoms. The van der Waals surface area contributed by atoms with Crippen LogP contribution in [0.2, 0.25) is 5.15 Å². The van der Waals surface area contributed by atoms with Gasteiger partial charge in [-0.2, -0.15) is 24.7 Å². The van der Waals surface area contributed by atoms with Gasteiger partial charge < -0.3 is 0 Å². The van der Waals surface area contributed by atoms with Crippen molar-refractivity contribution in [2.45, 2.75) is 34.1 Å². The maximum atomic E-state index is 6.20. The Morgan fingerprint density at radius 3 is 2.65 bits per heavy atom. The van der Waals surface area contributed by atoms with Gasteiger partial charge in [0.25, 0.3) is 5.78 Å². The Hall–Kier alpha value is -1.95. The minimum atomic E-state index is 0.422. The molecule has 3 aromatic heterocycles. The summed E-state index contributed by atoms with van der Waals surface area (Å²) < 4.78 is 3.54. The molecular formula is C13H15ClN6. The maximum absolute atomic E-state index is 6.20. The molecule has 104 valence electrons.